The zero-order valence-electron chi connectivity index (χ0n) is 18.3. The van der Waals surface area contributed by atoms with E-state index in [9.17, 15) is 9.90 Å². The summed E-state index contributed by atoms with van der Waals surface area (Å²) in [6.07, 6.45) is 3.94. The fraction of sp³-hybridized carbons (Fsp3) is 0.231. The van der Waals surface area contributed by atoms with Crippen LogP contribution in [0.4, 0.5) is 11.4 Å². The maximum absolute atomic E-state index is 12.6. The third kappa shape index (κ3) is 5.05. The normalized spacial score (nSPS) is 14.6. The molecule has 3 N–H and O–H groups in total. The number of anilines is 2. The van der Waals surface area contributed by atoms with Gasteiger partial charge < -0.3 is 20.1 Å². The molecule has 5 rings (SSSR count). The number of aromatic nitrogens is 2. The first-order chi connectivity index (χ1) is 16.1. The first kappa shape index (κ1) is 21.2. The maximum Gasteiger partial charge on any atom is 0.271 e. The first-order valence-electron chi connectivity index (χ1n) is 11.2. The lowest BCUT2D eigenvalue weighted by atomic mass is 10.00. The molecule has 0 fully saturated rings. The molecular weight excluding hydrogens is 414 g/mol. The Balaban J connectivity index is 1.16. The summed E-state index contributed by atoms with van der Waals surface area (Å²) in [5.74, 6) is -0.292. The van der Waals surface area contributed by atoms with Gasteiger partial charge in [-0.3, -0.25) is 9.69 Å². The van der Waals surface area contributed by atoms with E-state index in [2.05, 4.69) is 44.8 Å². The second-order valence-corrected chi connectivity index (χ2v) is 8.42. The molecular formula is C26H27N5O2. The van der Waals surface area contributed by atoms with E-state index in [1.807, 2.05) is 53.1 Å². The molecule has 0 spiro atoms. The number of hydrogen-bond acceptors (Lipinski definition) is 5. The Kier molecular flexibility index (Phi) is 6.06. The molecule has 0 saturated heterocycles. The summed E-state index contributed by atoms with van der Waals surface area (Å²) in [6.45, 7) is 2.45. The quantitative estimate of drug-likeness (QED) is 0.410. The molecule has 0 aliphatic carbocycles. The number of amides is 1. The summed E-state index contributed by atoms with van der Waals surface area (Å²) in [5, 5.41) is 16.6. The number of nitrogens with one attached hydrogen (secondary N) is 2. The third-order valence-electron chi connectivity index (χ3n) is 5.92. The standard InChI is InChI=1S/C26H27N5O2/c32-23(17-30-13-12-19-6-4-5-7-20(19)15-30)14-27-26(33)24-18-31-16-22(10-11-25(31)29-24)28-21-8-2-1-3-9-21/h1-11,16,18,23,28,32H,12-15,17H2,(H,27,33)/t23-/m0/s1. The fourth-order valence-electron chi connectivity index (χ4n) is 4.24. The highest BCUT2D eigenvalue weighted by atomic mass is 16.3. The van der Waals surface area contributed by atoms with Crippen molar-refractivity contribution in [2.75, 3.05) is 25.0 Å². The summed E-state index contributed by atoms with van der Waals surface area (Å²) in [6, 6.07) is 22.1. The van der Waals surface area contributed by atoms with Gasteiger partial charge in [-0.25, -0.2) is 4.98 Å². The molecule has 0 radical (unpaired) electrons. The molecule has 4 aromatic rings. The number of aliphatic hydroxyl groups excluding tert-OH is 1. The van der Waals surface area contributed by atoms with Crippen LogP contribution < -0.4 is 10.6 Å². The van der Waals surface area contributed by atoms with Crippen molar-refractivity contribution in [1.29, 1.82) is 0 Å². The first-order valence-corrected chi connectivity index (χ1v) is 11.2. The number of β-amino-alcohol motifs (C(OH)–C–C–N with tert-alkyl or cyclic N) is 1. The molecule has 7 heteroatoms. The lowest BCUT2D eigenvalue weighted by Crippen LogP contribution is -2.42. The molecule has 168 valence electrons. The molecule has 0 saturated carbocycles. The second kappa shape index (κ2) is 9.44. The highest BCUT2D eigenvalue weighted by Gasteiger charge is 2.19. The lowest BCUT2D eigenvalue weighted by Gasteiger charge is -2.30. The van der Waals surface area contributed by atoms with Gasteiger partial charge in [-0.2, -0.15) is 0 Å². The lowest BCUT2D eigenvalue weighted by molar-refractivity contribution is 0.0838. The molecule has 3 heterocycles. The summed E-state index contributed by atoms with van der Waals surface area (Å²) in [5.41, 5.74) is 5.59. The average molecular weight is 442 g/mol. The van der Waals surface area contributed by atoms with Crippen LogP contribution in [0.2, 0.25) is 0 Å². The molecule has 0 unspecified atom stereocenters. The summed E-state index contributed by atoms with van der Waals surface area (Å²) in [4.78, 5) is 19.3. The Hall–Kier alpha value is -3.68. The van der Waals surface area contributed by atoms with Crippen LogP contribution in [0.3, 0.4) is 0 Å². The van der Waals surface area contributed by atoms with E-state index in [-0.39, 0.29) is 12.5 Å². The van der Waals surface area contributed by atoms with Crippen molar-refractivity contribution in [3.05, 3.63) is 95.9 Å². The van der Waals surface area contributed by atoms with Gasteiger partial charge in [0.25, 0.3) is 5.91 Å². The van der Waals surface area contributed by atoms with Crippen molar-refractivity contribution in [2.45, 2.75) is 19.1 Å². The number of para-hydroxylation sites is 1. The monoisotopic (exact) mass is 441 g/mol. The molecule has 1 aliphatic rings. The van der Waals surface area contributed by atoms with Crippen LogP contribution in [0.5, 0.6) is 0 Å². The predicted octanol–water partition coefficient (Wildman–Crippen LogP) is 3.23. The maximum atomic E-state index is 12.6. The summed E-state index contributed by atoms with van der Waals surface area (Å²) >= 11 is 0. The van der Waals surface area contributed by atoms with E-state index in [4.69, 9.17) is 0 Å². The van der Waals surface area contributed by atoms with Gasteiger partial charge in [0.2, 0.25) is 0 Å². The van der Waals surface area contributed by atoms with Gasteiger partial charge in [-0.05, 0) is 41.8 Å². The molecule has 33 heavy (non-hydrogen) atoms. The van der Waals surface area contributed by atoms with Crippen molar-refractivity contribution >= 4 is 22.9 Å². The number of carbonyl (C=O) groups excluding carboxylic acids is 1. The van der Waals surface area contributed by atoms with Crippen LogP contribution in [0.25, 0.3) is 5.65 Å². The van der Waals surface area contributed by atoms with Crippen LogP contribution in [0, 0.1) is 0 Å². The summed E-state index contributed by atoms with van der Waals surface area (Å²) < 4.78 is 1.82. The van der Waals surface area contributed by atoms with Crippen LogP contribution in [0.1, 0.15) is 21.6 Å². The second-order valence-electron chi connectivity index (χ2n) is 8.42. The van der Waals surface area contributed by atoms with Gasteiger partial charge in [0.1, 0.15) is 11.3 Å². The van der Waals surface area contributed by atoms with Gasteiger partial charge in [0, 0.05) is 44.3 Å². The molecule has 0 bridgehead atoms. The number of hydrogen-bond donors (Lipinski definition) is 3. The Labute approximate surface area is 192 Å². The fourth-order valence-corrected chi connectivity index (χ4v) is 4.24. The molecule has 2 aromatic heterocycles. The number of pyridine rings is 1. The molecule has 1 amide bonds. The topological polar surface area (TPSA) is 81.9 Å². The number of imidazole rings is 1. The van der Waals surface area contributed by atoms with E-state index in [1.165, 1.54) is 11.1 Å². The highest BCUT2D eigenvalue weighted by molar-refractivity contribution is 5.92. The van der Waals surface area contributed by atoms with Gasteiger partial charge >= 0.3 is 0 Å². The number of rotatable bonds is 7. The Morgan fingerprint density at radius 2 is 1.76 bits per heavy atom. The smallest absolute Gasteiger partial charge is 0.271 e. The number of fused-ring (bicyclic) bond motifs is 2. The van der Waals surface area contributed by atoms with Crippen molar-refractivity contribution in [3.8, 4) is 0 Å². The number of carbonyl (C=O) groups is 1. The van der Waals surface area contributed by atoms with E-state index >= 15 is 0 Å². The zero-order chi connectivity index (χ0) is 22.6. The Morgan fingerprint density at radius 3 is 2.61 bits per heavy atom. The van der Waals surface area contributed by atoms with E-state index < -0.39 is 6.10 Å². The highest BCUT2D eigenvalue weighted by Crippen LogP contribution is 2.19. The van der Waals surface area contributed by atoms with Crippen molar-refractivity contribution in [2.24, 2.45) is 0 Å². The minimum Gasteiger partial charge on any atom is -0.390 e. The van der Waals surface area contributed by atoms with Crippen LogP contribution in [-0.4, -0.2) is 51.0 Å². The number of aliphatic hydroxyl groups is 1. The molecule has 1 aliphatic heterocycles. The van der Waals surface area contributed by atoms with Crippen LogP contribution in [-0.2, 0) is 13.0 Å². The zero-order valence-corrected chi connectivity index (χ0v) is 18.3. The van der Waals surface area contributed by atoms with E-state index in [0.717, 1.165) is 30.9 Å². The molecule has 1 atom stereocenters. The van der Waals surface area contributed by atoms with Crippen molar-refractivity contribution in [1.82, 2.24) is 19.6 Å². The van der Waals surface area contributed by atoms with Gasteiger partial charge in [-0.1, -0.05) is 42.5 Å². The van der Waals surface area contributed by atoms with Crippen LogP contribution in [0.15, 0.2) is 79.1 Å². The minimum atomic E-state index is -0.641. The predicted molar refractivity (Wildman–Crippen MR) is 129 cm³/mol. The van der Waals surface area contributed by atoms with Crippen molar-refractivity contribution < 1.29 is 9.90 Å². The number of nitrogens with zero attached hydrogens (tertiary/aromatic N) is 3. The number of benzene rings is 2. The molecule has 7 nitrogen and oxygen atoms in total. The molecule has 2 aromatic carbocycles. The summed E-state index contributed by atoms with van der Waals surface area (Å²) in [7, 11) is 0. The van der Waals surface area contributed by atoms with Crippen LogP contribution >= 0.6 is 0 Å². The minimum absolute atomic E-state index is 0.186. The average Bonchev–Trinajstić information content (AvgIpc) is 3.27. The van der Waals surface area contributed by atoms with Gasteiger partial charge in [-0.15, -0.1) is 0 Å². The Bertz CT molecular complexity index is 1250. The van der Waals surface area contributed by atoms with Gasteiger partial charge in [0.05, 0.1) is 11.8 Å². The van der Waals surface area contributed by atoms with E-state index in [0.29, 0.717) is 17.9 Å². The van der Waals surface area contributed by atoms with Crippen molar-refractivity contribution in [3.63, 3.8) is 0 Å². The third-order valence-corrected chi connectivity index (χ3v) is 5.92. The largest absolute Gasteiger partial charge is 0.390 e. The SMILES string of the molecule is O=C(NC[C@H](O)CN1CCc2ccccc2C1)c1cn2cc(Nc3ccccc3)ccc2n1. The van der Waals surface area contributed by atoms with E-state index in [1.54, 1.807) is 6.20 Å². The van der Waals surface area contributed by atoms with Gasteiger partial charge in [0.15, 0.2) is 0 Å². The Morgan fingerprint density at radius 1 is 0.970 bits per heavy atom.